The number of benzene rings is 1. The van der Waals surface area contributed by atoms with Gasteiger partial charge >= 0.3 is 6.09 Å². The van der Waals surface area contributed by atoms with Gasteiger partial charge in [0.1, 0.15) is 0 Å². The minimum Gasteiger partial charge on any atom is -0.465 e. The molecule has 0 unspecified atom stereocenters. The summed E-state index contributed by atoms with van der Waals surface area (Å²) >= 11 is 3.39. The molecule has 2 rings (SSSR count). The molecule has 2 N–H and O–H groups in total. The van der Waals surface area contributed by atoms with E-state index in [4.69, 9.17) is 5.11 Å². The quantitative estimate of drug-likeness (QED) is 0.887. The fourth-order valence-electron chi connectivity index (χ4n) is 1.81. The topological polar surface area (TPSA) is 49.3 Å². The van der Waals surface area contributed by atoms with Crippen molar-refractivity contribution < 1.29 is 9.90 Å². The fourth-order valence-corrected chi connectivity index (χ4v) is 2.07. The molecule has 2 atom stereocenters. The van der Waals surface area contributed by atoms with E-state index in [1.54, 1.807) is 0 Å². The monoisotopic (exact) mass is 269 g/mol. The number of hydrogen-bond acceptors (Lipinski definition) is 1. The maximum atomic E-state index is 10.3. The van der Waals surface area contributed by atoms with Crippen LogP contribution in [0.3, 0.4) is 0 Å². The molecule has 1 amide bonds. The summed E-state index contributed by atoms with van der Waals surface area (Å²) in [4.78, 5) is 10.3. The maximum Gasteiger partial charge on any atom is 0.404 e. The van der Waals surface area contributed by atoms with Crippen molar-refractivity contribution in [1.82, 2.24) is 5.32 Å². The van der Waals surface area contributed by atoms with E-state index in [9.17, 15) is 4.79 Å². The number of nitrogens with one attached hydrogen (secondary N) is 1. The van der Waals surface area contributed by atoms with Crippen molar-refractivity contribution in [1.29, 1.82) is 0 Å². The first-order valence-corrected chi connectivity index (χ1v) is 5.68. The van der Waals surface area contributed by atoms with Crippen molar-refractivity contribution >= 4 is 22.0 Å². The predicted molar refractivity (Wildman–Crippen MR) is 61.0 cm³/mol. The van der Waals surface area contributed by atoms with Gasteiger partial charge < -0.3 is 10.4 Å². The molecule has 1 aliphatic rings. The van der Waals surface area contributed by atoms with Crippen LogP contribution in [0.25, 0.3) is 0 Å². The van der Waals surface area contributed by atoms with Crippen LogP contribution in [0, 0.1) is 5.92 Å². The van der Waals surface area contributed by atoms with Gasteiger partial charge in [-0.2, -0.15) is 0 Å². The molecule has 1 aromatic carbocycles. The summed E-state index contributed by atoms with van der Waals surface area (Å²) in [5.41, 5.74) is 1.30. The fraction of sp³-hybridized carbons (Fsp3) is 0.364. The molecule has 80 valence electrons. The molecule has 1 fully saturated rings. The van der Waals surface area contributed by atoms with Crippen LogP contribution in [0.5, 0.6) is 0 Å². The zero-order chi connectivity index (χ0) is 10.8. The van der Waals surface area contributed by atoms with Crippen LogP contribution in [-0.2, 0) is 0 Å². The van der Waals surface area contributed by atoms with E-state index in [-0.39, 0.29) is 0 Å². The molecule has 1 saturated carbocycles. The van der Waals surface area contributed by atoms with E-state index in [0.29, 0.717) is 18.4 Å². The highest BCUT2D eigenvalue weighted by atomic mass is 79.9. The zero-order valence-corrected chi connectivity index (χ0v) is 9.70. The largest absolute Gasteiger partial charge is 0.465 e. The highest BCUT2D eigenvalue weighted by Gasteiger charge is 2.38. The Morgan fingerprint density at radius 1 is 1.47 bits per heavy atom. The van der Waals surface area contributed by atoms with Crippen LogP contribution in [0.2, 0.25) is 0 Å². The van der Waals surface area contributed by atoms with Gasteiger partial charge in [-0.05, 0) is 36.0 Å². The Morgan fingerprint density at radius 3 is 2.73 bits per heavy atom. The normalized spacial score (nSPS) is 23.5. The van der Waals surface area contributed by atoms with Gasteiger partial charge in [0.15, 0.2) is 0 Å². The molecule has 0 aromatic heterocycles. The molecule has 15 heavy (non-hydrogen) atoms. The molecule has 3 nitrogen and oxygen atoms in total. The average molecular weight is 270 g/mol. The van der Waals surface area contributed by atoms with Gasteiger partial charge in [0.2, 0.25) is 0 Å². The van der Waals surface area contributed by atoms with Crippen molar-refractivity contribution in [3.05, 3.63) is 34.3 Å². The van der Waals surface area contributed by atoms with Crippen LogP contribution < -0.4 is 5.32 Å². The van der Waals surface area contributed by atoms with Crippen molar-refractivity contribution in [2.45, 2.75) is 12.3 Å². The molecule has 0 spiro atoms. The predicted octanol–water partition coefficient (Wildman–Crippen LogP) is 2.82. The summed E-state index contributed by atoms with van der Waals surface area (Å²) in [7, 11) is 0. The lowest BCUT2D eigenvalue weighted by molar-refractivity contribution is 0.194. The number of carboxylic acid groups (broad SMARTS) is 1. The Hall–Kier alpha value is -1.03. The molecule has 1 aliphatic carbocycles. The van der Waals surface area contributed by atoms with Crippen LogP contribution in [0.15, 0.2) is 28.7 Å². The first kappa shape index (κ1) is 10.5. The Kier molecular flexibility index (Phi) is 2.95. The summed E-state index contributed by atoms with van der Waals surface area (Å²) in [5.74, 6) is 1.01. The molecule has 0 bridgehead atoms. The lowest BCUT2D eigenvalue weighted by Crippen LogP contribution is -2.23. The molecular weight excluding hydrogens is 258 g/mol. The van der Waals surface area contributed by atoms with Crippen molar-refractivity contribution in [3.8, 4) is 0 Å². The molecule has 0 heterocycles. The van der Waals surface area contributed by atoms with E-state index in [1.165, 1.54) is 5.56 Å². The van der Waals surface area contributed by atoms with Gasteiger partial charge in [0, 0.05) is 11.0 Å². The first-order valence-electron chi connectivity index (χ1n) is 4.89. The first-order chi connectivity index (χ1) is 7.16. The summed E-state index contributed by atoms with van der Waals surface area (Å²) in [6.07, 6.45) is 0.151. The van der Waals surface area contributed by atoms with Crippen molar-refractivity contribution in [3.63, 3.8) is 0 Å². The second-order valence-electron chi connectivity index (χ2n) is 3.84. The number of hydrogen-bond donors (Lipinski definition) is 2. The summed E-state index contributed by atoms with van der Waals surface area (Å²) in [6, 6.07) is 8.23. The average Bonchev–Trinajstić information content (AvgIpc) is 2.95. The van der Waals surface area contributed by atoms with E-state index < -0.39 is 6.09 Å². The molecule has 0 aliphatic heterocycles. The van der Waals surface area contributed by atoms with Crippen LogP contribution >= 0.6 is 15.9 Å². The van der Waals surface area contributed by atoms with E-state index >= 15 is 0 Å². The Bertz CT molecular complexity index is 363. The van der Waals surface area contributed by atoms with Gasteiger partial charge in [-0.25, -0.2) is 4.79 Å². The third-order valence-corrected chi connectivity index (χ3v) is 3.26. The van der Waals surface area contributed by atoms with E-state index in [2.05, 4.69) is 33.4 Å². The standard InChI is InChI=1S/C11H12BrNO2/c12-9-3-1-7(2-4-9)10-5-8(10)6-13-11(14)15/h1-4,8,10,13H,5-6H2,(H,14,15)/t8-,10-/m0/s1. The highest BCUT2D eigenvalue weighted by Crippen LogP contribution is 2.47. The highest BCUT2D eigenvalue weighted by molar-refractivity contribution is 9.10. The Balaban J connectivity index is 1.88. The molecule has 4 heteroatoms. The summed E-state index contributed by atoms with van der Waals surface area (Å²) < 4.78 is 1.08. The Labute approximate surface area is 96.6 Å². The molecule has 0 saturated heterocycles. The van der Waals surface area contributed by atoms with Gasteiger partial charge in [0.05, 0.1) is 0 Å². The van der Waals surface area contributed by atoms with Crippen LogP contribution in [0.4, 0.5) is 4.79 Å². The molecule has 1 aromatic rings. The number of rotatable bonds is 3. The van der Waals surface area contributed by atoms with Gasteiger partial charge in [-0.3, -0.25) is 0 Å². The van der Waals surface area contributed by atoms with E-state index in [0.717, 1.165) is 10.9 Å². The van der Waals surface area contributed by atoms with Crippen molar-refractivity contribution in [2.75, 3.05) is 6.54 Å². The third kappa shape index (κ3) is 2.72. The second-order valence-corrected chi connectivity index (χ2v) is 4.76. The SMILES string of the molecule is O=C(O)NC[C@@H]1C[C@H]1c1ccc(Br)cc1. The molecule has 0 radical (unpaired) electrons. The van der Waals surface area contributed by atoms with Crippen LogP contribution in [-0.4, -0.2) is 17.7 Å². The zero-order valence-electron chi connectivity index (χ0n) is 8.11. The summed E-state index contributed by atoms with van der Waals surface area (Å²) in [6.45, 7) is 0.566. The van der Waals surface area contributed by atoms with Gasteiger partial charge in [-0.1, -0.05) is 28.1 Å². The third-order valence-electron chi connectivity index (χ3n) is 2.74. The minimum absolute atomic E-state index is 0.474. The smallest absolute Gasteiger partial charge is 0.404 e. The number of amides is 1. The van der Waals surface area contributed by atoms with E-state index in [1.807, 2.05) is 12.1 Å². The summed E-state index contributed by atoms with van der Waals surface area (Å²) in [5, 5.41) is 10.9. The van der Waals surface area contributed by atoms with Crippen LogP contribution in [0.1, 0.15) is 17.9 Å². The minimum atomic E-state index is -0.934. The lowest BCUT2D eigenvalue weighted by Gasteiger charge is -2.01. The second kappa shape index (κ2) is 4.23. The number of halogens is 1. The van der Waals surface area contributed by atoms with Gasteiger partial charge in [0.25, 0.3) is 0 Å². The Morgan fingerprint density at radius 2 is 2.13 bits per heavy atom. The number of carbonyl (C=O) groups is 1. The molecular formula is C11H12BrNO2. The van der Waals surface area contributed by atoms with Gasteiger partial charge in [-0.15, -0.1) is 0 Å². The lowest BCUT2D eigenvalue weighted by atomic mass is 10.1. The maximum absolute atomic E-state index is 10.3. The van der Waals surface area contributed by atoms with Crippen molar-refractivity contribution in [2.24, 2.45) is 5.92 Å².